The molecule has 192 valence electrons. The summed E-state index contributed by atoms with van der Waals surface area (Å²) in [5.41, 5.74) is 3.01. The van der Waals surface area contributed by atoms with Gasteiger partial charge in [0, 0.05) is 0 Å². The molecule has 2 aromatic rings. The summed E-state index contributed by atoms with van der Waals surface area (Å²) in [6.07, 6.45) is 22.4. The topological polar surface area (TPSA) is 9.23 Å². The number of hydrogen-bond donors (Lipinski definition) is 0. The molecule has 0 saturated heterocycles. The lowest BCUT2D eigenvalue weighted by atomic mass is 9.77. The zero-order chi connectivity index (χ0) is 24.3. The quantitative estimate of drug-likeness (QED) is 0.278. The summed E-state index contributed by atoms with van der Waals surface area (Å²) >= 11 is 0. The molecule has 1 nitrogen and oxygen atoms in total. The van der Waals surface area contributed by atoms with E-state index >= 15 is 0 Å². The molecule has 2 aromatic carbocycles. The van der Waals surface area contributed by atoms with E-state index in [1.54, 1.807) is 0 Å². The fourth-order valence-electron chi connectivity index (χ4n) is 6.69. The average molecular weight is 475 g/mol. The first-order chi connectivity index (χ1) is 17.2. The standard InChI is InChI=1S/C34H50O/c1-3-5-7-9-27-11-15-29(16-12-27)31-19-23-33(24-20-31)35-34-25-21-32(22-26-34)30-17-13-28(14-18-30)10-8-6-4-2/h19-30H,3-18H2,1-2H3/t27-,28-,29-,30-. The van der Waals surface area contributed by atoms with Gasteiger partial charge in [0.05, 0.1) is 0 Å². The molecule has 0 aromatic heterocycles. The van der Waals surface area contributed by atoms with Gasteiger partial charge in [-0.2, -0.15) is 0 Å². The van der Waals surface area contributed by atoms with Crippen LogP contribution in [-0.2, 0) is 0 Å². The van der Waals surface area contributed by atoms with E-state index in [4.69, 9.17) is 4.74 Å². The second kappa shape index (κ2) is 14.1. The predicted octanol–water partition coefficient (Wildman–Crippen LogP) is 11.2. The Bertz CT molecular complexity index is 748. The predicted molar refractivity (Wildman–Crippen MR) is 151 cm³/mol. The van der Waals surface area contributed by atoms with Crippen molar-refractivity contribution < 1.29 is 4.74 Å². The summed E-state index contributed by atoms with van der Waals surface area (Å²) in [5.74, 6) is 5.36. The zero-order valence-corrected chi connectivity index (χ0v) is 22.7. The first-order valence-electron chi connectivity index (χ1n) is 15.1. The highest BCUT2D eigenvalue weighted by Gasteiger charge is 2.23. The summed E-state index contributed by atoms with van der Waals surface area (Å²) < 4.78 is 6.21. The summed E-state index contributed by atoms with van der Waals surface area (Å²) in [6, 6.07) is 17.9. The van der Waals surface area contributed by atoms with E-state index in [9.17, 15) is 0 Å². The average Bonchev–Trinajstić information content (AvgIpc) is 2.91. The first kappa shape index (κ1) is 26.3. The summed E-state index contributed by atoms with van der Waals surface area (Å²) in [7, 11) is 0. The molecule has 0 spiro atoms. The molecule has 2 aliphatic carbocycles. The maximum Gasteiger partial charge on any atom is 0.127 e. The molecule has 0 N–H and O–H groups in total. The Balaban J connectivity index is 1.21. The van der Waals surface area contributed by atoms with Crippen LogP contribution < -0.4 is 4.74 Å². The molecular formula is C34H50O. The Morgan fingerprint density at radius 2 is 0.886 bits per heavy atom. The van der Waals surface area contributed by atoms with Gasteiger partial charge in [0.25, 0.3) is 0 Å². The van der Waals surface area contributed by atoms with Crippen molar-refractivity contribution in [2.75, 3.05) is 0 Å². The molecule has 0 atom stereocenters. The molecule has 2 saturated carbocycles. The van der Waals surface area contributed by atoms with Gasteiger partial charge in [-0.3, -0.25) is 0 Å². The van der Waals surface area contributed by atoms with Crippen molar-refractivity contribution in [1.82, 2.24) is 0 Å². The monoisotopic (exact) mass is 474 g/mol. The summed E-state index contributed by atoms with van der Waals surface area (Å²) in [5, 5.41) is 0. The molecule has 35 heavy (non-hydrogen) atoms. The largest absolute Gasteiger partial charge is 0.457 e. The highest BCUT2D eigenvalue weighted by molar-refractivity contribution is 5.36. The van der Waals surface area contributed by atoms with Crippen LogP contribution in [0.1, 0.15) is 140 Å². The lowest BCUT2D eigenvalue weighted by molar-refractivity contribution is 0.302. The van der Waals surface area contributed by atoms with Crippen LogP contribution in [-0.4, -0.2) is 0 Å². The van der Waals surface area contributed by atoms with E-state index in [1.165, 1.54) is 114 Å². The van der Waals surface area contributed by atoms with Crippen molar-refractivity contribution >= 4 is 0 Å². The van der Waals surface area contributed by atoms with Gasteiger partial charge < -0.3 is 4.74 Å². The van der Waals surface area contributed by atoms with Crippen molar-refractivity contribution in [3.8, 4) is 11.5 Å². The molecule has 0 amide bonds. The van der Waals surface area contributed by atoms with Crippen molar-refractivity contribution in [1.29, 1.82) is 0 Å². The number of unbranched alkanes of at least 4 members (excludes halogenated alkanes) is 4. The number of benzene rings is 2. The van der Waals surface area contributed by atoms with Crippen molar-refractivity contribution in [3.05, 3.63) is 59.7 Å². The molecule has 4 rings (SSSR count). The van der Waals surface area contributed by atoms with Gasteiger partial charge in [0.1, 0.15) is 11.5 Å². The van der Waals surface area contributed by atoms with Crippen LogP contribution in [0.5, 0.6) is 11.5 Å². The Morgan fingerprint density at radius 3 is 1.23 bits per heavy atom. The third-order valence-electron chi connectivity index (χ3n) is 9.06. The molecule has 0 aliphatic heterocycles. The third kappa shape index (κ3) is 8.12. The van der Waals surface area contributed by atoms with Crippen molar-refractivity contribution in [2.24, 2.45) is 11.8 Å². The van der Waals surface area contributed by atoms with Crippen LogP contribution in [0, 0.1) is 11.8 Å². The van der Waals surface area contributed by atoms with Gasteiger partial charge in [0.2, 0.25) is 0 Å². The van der Waals surface area contributed by atoms with Crippen LogP contribution in [0.4, 0.5) is 0 Å². The van der Waals surface area contributed by atoms with E-state index in [0.29, 0.717) is 0 Å². The molecule has 2 fully saturated rings. The van der Waals surface area contributed by atoms with Crippen LogP contribution in [0.2, 0.25) is 0 Å². The van der Waals surface area contributed by atoms with E-state index in [-0.39, 0.29) is 0 Å². The Morgan fingerprint density at radius 1 is 0.514 bits per heavy atom. The minimum Gasteiger partial charge on any atom is -0.457 e. The van der Waals surface area contributed by atoms with Crippen LogP contribution in [0.15, 0.2) is 48.5 Å². The second-order valence-electron chi connectivity index (χ2n) is 11.7. The molecule has 0 radical (unpaired) electrons. The fourth-order valence-corrected chi connectivity index (χ4v) is 6.69. The van der Waals surface area contributed by atoms with E-state index in [1.807, 2.05) is 0 Å². The number of ether oxygens (including phenoxy) is 1. The smallest absolute Gasteiger partial charge is 0.127 e. The lowest BCUT2D eigenvalue weighted by Gasteiger charge is -2.29. The second-order valence-corrected chi connectivity index (χ2v) is 11.7. The molecule has 1 heteroatoms. The highest BCUT2D eigenvalue weighted by atomic mass is 16.5. The van der Waals surface area contributed by atoms with Gasteiger partial charge in [-0.25, -0.2) is 0 Å². The first-order valence-corrected chi connectivity index (χ1v) is 15.1. The van der Waals surface area contributed by atoms with Gasteiger partial charge in [0.15, 0.2) is 0 Å². The highest BCUT2D eigenvalue weighted by Crippen LogP contribution is 2.40. The van der Waals surface area contributed by atoms with Gasteiger partial charge in [-0.05, 0) is 110 Å². The van der Waals surface area contributed by atoms with Crippen LogP contribution in [0.3, 0.4) is 0 Å². The summed E-state index contributed by atoms with van der Waals surface area (Å²) in [6.45, 7) is 4.61. The normalized spacial score (nSPS) is 24.9. The van der Waals surface area contributed by atoms with Gasteiger partial charge in [-0.1, -0.05) is 89.5 Å². The molecule has 0 unspecified atom stereocenters. The van der Waals surface area contributed by atoms with Gasteiger partial charge in [-0.15, -0.1) is 0 Å². The van der Waals surface area contributed by atoms with E-state index < -0.39 is 0 Å². The van der Waals surface area contributed by atoms with Crippen LogP contribution >= 0.6 is 0 Å². The van der Waals surface area contributed by atoms with Crippen molar-refractivity contribution in [3.63, 3.8) is 0 Å². The lowest BCUT2D eigenvalue weighted by Crippen LogP contribution is -2.13. The SMILES string of the molecule is CCCCC[C@H]1CC[C@H](c2ccc(Oc3ccc([C@H]4CC[C@H](CCCCC)CC4)cc3)cc2)CC1. The molecule has 0 bridgehead atoms. The van der Waals surface area contributed by atoms with Gasteiger partial charge >= 0.3 is 0 Å². The van der Waals surface area contributed by atoms with E-state index in [0.717, 1.165) is 35.2 Å². The molecule has 2 aliphatic rings. The third-order valence-corrected chi connectivity index (χ3v) is 9.06. The maximum atomic E-state index is 6.21. The Labute approximate surface area is 216 Å². The Hall–Kier alpha value is -1.76. The Kier molecular flexibility index (Phi) is 10.6. The maximum absolute atomic E-state index is 6.21. The molecular weight excluding hydrogens is 424 g/mol. The zero-order valence-electron chi connectivity index (χ0n) is 22.7. The summed E-state index contributed by atoms with van der Waals surface area (Å²) in [4.78, 5) is 0. The van der Waals surface area contributed by atoms with Crippen LogP contribution in [0.25, 0.3) is 0 Å². The van der Waals surface area contributed by atoms with E-state index in [2.05, 4.69) is 62.4 Å². The minimum atomic E-state index is 0.743. The number of rotatable bonds is 12. The van der Waals surface area contributed by atoms with Crippen molar-refractivity contribution in [2.45, 2.75) is 128 Å². The number of hydrogen-bond acceptors (Lipinski definition) is 1. The minimum absolute atomic E-state index is 0.743. The molecule has 0 heterocycles. The fraction of sp³-hybridized carbons (Fsp3) is 0.647.